The number of fused-ring (bicyclic) bond motifs is 1. The molecule has 6 nitrogen and oxygen atoms in total. The van der Waals surface area contributed by atoms with Crippen molar-refractivity contribution in [1.29, 1.82) is 0 Å². The van der Waals surface area contributed by atoms with Crippen molar-refractivity contribution in [3.63, 3.8) is 0 Å². The van der Waals surface area contributed by atoms with Crippen LogP contribution in [0.2, 0.25) is 0 Å². The van der Waals surface area contributed by atoms with Gasteiger partial charge in [-0.05, 0) is 49.1 Å². The van der Waals surface area contributed by atoms with Crippen LogP contribution in [0, 0.1) is 5.82 Å². The number of aliphatic hydroxyl groups excluding tert-OH is 1. The van der Waals surface area contributed by atoms with Gasteiger partial charge in [0.2, 0.25) is 5.13 Å². The first kappa shape index (κ1) is 22.0. The third-order valence-corrected chi connectivity index (χ3v) is 6.78. The molecule has 2 N–H and O–H groups in total. The van der Waals surface area contributed by atoms with Crippen LogP contribution in [-0.4, -0.2) is 45.2 Å². The average Bonchev–Trinajstić information content (AvgIpc) is 3.32. The average molecular weight is 461 g/mol. The zero-order valence-corrected chi connectivity index (χ0v) is 18.6. The van der Waals surface area contributed by atoms with Gasteiger partial charge in [0.05, 0.1) is 12.7 Å². The molecule has 9 heteroatoms. The SMILES string of the molecule is Fc1ccccc1.OC1CCN(C2CCOc3cc(SNc4ncns4)ccc32)CC1. The van der Waals surface area contributed by atoms with Gasteiger partial charge in [-0.3, -0.25) is 4.90 Å². The molecular weight excluding hydrogens is 435 g/mol. The van der Waals surface area contributed by atoms with Crippen molar-refractivity contribution in [2.45, 2.75) is 36.3 Å². The van der Waals surface area contributed by atoms with E-state index in [1.54, 1.807) is 24.5 Å². The molecule has 2 aromatic carbocycles. The summed E-state index contributed by atoms with van der Waals surface area (Å²) in [5.41, 5.74) is 1.26. The summed E-state index contributed by atoms with van der Waals surface area (Å²) >= 11 is 2.86. The van der Waals surface area contributed by atoms with Crippen LogP contribution in [0.4, 0.5) is 9.52 Å². The summed E-state index contributed by atoms with van der Waals surface area (Å²) in [5, 5.41) is 10.5. The largest absolute Gasteiger partial charge is 0.493 e. The number of piperidine rings is 1. The summed E-state index contributed by atoms with van der Waals surface area (Å²) < 4.78 is 25.0. The molecule has 2 aliphatic heterocycles. The number of rotatable bonds is 4. The van der Waals surface area contributed by atoms with Crippen LogP contribution in [0.1, 0.15) is 30.9 Å². The van der Waals surface area contributed by atoms with Crippen molar-refractivity contribution < 1.29 is 14.2 Å². The van der Waals surface area contributed by atoms with E-state index >= 15 is 0 Å². The number of likely N-dealkylation sites (tertiary alicyclic amines) is 1. The number of benzene rings is 2. The third-order valence-electron chi connectivity index (χ3n) is 5.28. The second kappa shape index (κ2) is 10.9. The number of aliphatic hydroxyl groups is 1. The molecule has 1 atom stereocenters. The second-order valence-electron chi connectivity index (χ2n) is 7.37. The van der Waals surface area contributed by atoms with Gasteiger partial charge in [-0.2, -0.15) is 4.37 Å². The summed E-state index contributed by atoms with van der Waals surface area (Å²) in [4.78, 5) is 7.70. The first-order chi connectivity index (χ1) is 15.2. The zero-order chi connectivity index (χ0) is 21.5. The maximum absolute atomic E-state index is 11.9. The van der Waals surface area contributed by atoms with Crippen LogP contribution in [0.5, 0.6) is 5.75 Å². The van der Waals surface area contributed by atoms with Gasteiger partial charge in [-0.1, -0.05) is 24.3 Å². The van der Waals surface area contributed by atoms with E-state index in [4.69, 9.17) is 4.74 Å². The van der Waals surface area contributed by atoms with E-state index in [0.717, 1.165) is 54.7 Å². The molecule has 0 radical (unpaired) electrons. The monoisotopic (exact) mass is 460 g/mol. The number of nitrogens with zero attached hydrogens (tertiary/aromatic N) is 3. The van der Waals surface area contributed by atoms with Gasteiger partial charge >= 0.3 is 0 Å². The number of hydrogen-bond acceptors (Lipinski definition) is 8. The number of aromatic nitrogens is 2. The summed E-state index contributed by atoms with van der Waals surface area (Å²) in [6.45, 7) is 2.66. The van der Waals surface area contributed by atoms with Crippen LogP contribution in [0.3, 0.4) is 0 Å². The fourth-order valence-electron chi connectivity index (χ4n) is 3.73. The molecule has 3 aromatic rings. The maximum Gasteiger partial charge on any atom is 0.212 e. The fourth-order valence-corrected chi connectivity index (χ4v) is 4.85. The van der Waals surface area contributed by atoms with Crippen molar-refractivity contribution in [2.24, 2.45) is 0 Å². The topological polar surface area (TPSA) is 70.5 Å². The molecule has 1 fully saturated rings. The minimum absolute atomic E-state index is 0.134. The smallest absolute Gasteiger partial charge is 0.212 e. The number of halogens is 1. The zero-order valence-electron chi connectivity index (χ0n) is 17.0. The van der Waals surface area contributed by atoms with E-state index in [9.17, 15) is 9.50 Å². The molecule has 164 valence electrons. The number of nitrogens with one attached hydrogen (secondary N) is 1. The Morgan fingerprint density at radius 1 is 1.13 bits per heavy atom. The first-order valence-corrected chi connectivity index (χ1v) is 11.9. The van der Waals surface area contributed by atoms with E-state index in [1.165, 1.54) is 41.2 Å². The van der Waals surface area contributed by atoms with Crippen LogP contribution in [0.15, 0.2) is 59.8 Å². The van der Waals surface area contributed by atoms with Crippen LogP contribution < -0.4 is 9.46 Å². The molecule has 0 bridgehead atoms. The molecule has 0 amide bonds. The minimum atomic E-state index is -0.178. The molecule has 0 spiro atoms. The van der Waals surface area contributed by atoms with Gasteiger partial charge in [0, 0.05) is 47.5 Å². The third kappa shape index (κ3) is 6.16. The molecule has 1 unspecified atom stereocenters. The van der Waals surface area contributed by atoms with Crippen molar-refractivity contribution >= 4 is 28.6 Å². The van der Waals surface area contributed by atoms with E-state index in [1.807, 2.05) is 0 Å². The first-order valence-electron chi connectivity index (χ1n) is 10.3. The Morgan fingerprint density at radius 2 is 1.94 bits per heavy atom. The summed E-state index contributed by atoms with van der Waals surface area (Å²) in [5.74, 6) is 0.795. The Kier molecular flexibility index (Phi) is 7.74. The highest BCUT2D eigenvalue weighted by Crippen LogP contribution is 2.39. The Morgan fingerprint density at radius 3 is 2.61 bits per heavy atom. The molecule has 5 rings (SSSR count). The lowest BCUT2D eigenvalue weighted by molar-refractivity contribution is 0.0481. The van der Waals surface area contributed by atoms with E-state index in [2.05, 4.69) is 37.2 Å². The van der Waals surface area contributed by atoms with E-state index < -0.39 is 0 Å². The second-order valence-corrected chi connectivity index (χ2v) is 9.03. The fraction of sp³-hybridized carbons (Fsp3) is 0.364. The molecule has 3 heterocycles. The number of hydrogen-bond donors (Lipinski definition) is 2. The van der Waals surface area contributed by atoms with E-state index in [0.29, 0.717) is 6.04 Å². The molecule has 1 saturated heterocycles. The molecular formula is C22H25FN4O2S2. The highest BCUT2D eigenvalue weighted by atomic mass is 32.2. The number of anilines is 1. The molecule has 1 aromatic heterocycles. The van der Waals surface area contributed by atoms with Gasteiger partial charge in [0.1, 0.15) is 17.9 Å². The normalized spacial score (nSPS) is 19.0. The van der Waals surface area contributed by atoms with Gasteiger partial charge < -0.3 is 14.6 Å². The Hall–Kier alpha value is -2.20. The van der Waals surface area contributed by atoms with E-state index in [-0.39, 0.29) is 11.9 Å². The molecule has 2 aliphatic rings. The molecule has 0 aliphatic carbocycles. The molecule has 31 heavy (non-hydrogen) atoms. The quantitative estimate of drug-likeness (QED) is 0.544. The standard InChI is InChI=1S/C16H20N4O2S2.C6H5F/c21-11-3-6-20(7-4-11)14-5-8-22-15-9-12(1-2-13(14)15)23-19-16-17-10-18-24-16;7-6-4-2-1-3-5-6/h1-2,9-11,14,21H,3-8H2,(H,17,18,19);1-5H. The van der Waals surface area contributed by atoms with Crippen molar-refractivity contribution in [3.05, 3.63) is 66.2 Å². The molecule has 0 saturated carbocycles. The van der Waals surface area contributed by atoms with Crippen molar-refractivity contribution in [1.82, 2.24) is 14.3 Å². The van der Waals surface area contributed by atoms with Gasteiger partial charge in [-0.25, -0.2) is 9.37 Å². The lowest BCUT2D eigenvalue weighted by Crippen LogP contribution is -2.40. The maximum atomic E-state index is 11.9. The minimum Gasteiger partial charge on any atom is -0.493 e. The van der Waals surface area contributed by atoms with Gasteiger partial charge in [-0.15, -0.1) is 0 Å². The van der Waals surface area contributed by atoms with Gasteiger partial charge in [0.15, 0.2) is 0 Å². The predicted molar refractivity (Wildman–Crippen MR) is 122 cm³/mol. The predicted octanol–water partition coefficient (Wildman–Crippen LogP) is 4.76. The lowest BCUT2D eigenvalue weighted by Gasteiger charge is -2.39. The van der Waals surface area contributed by atoms with Crippen LogP contribution >= 0.6 is 23.5 Å². The highest BCUT2D eigenvalue weighted by molar-refractivity contribution is 8.00. The van der Waals surface area contributed by atoms with Crippen LogP contribution in [-0.2, 0) is 0 Å². The summed E-state index contributed by atoms with van der Waals surface area (Å²) in [6, 6.07) is 14.7. The summed E-state index contributed by atoms with van der Waals surface area (Å²) in [7, 11) is 0. The number of ether oxygens (including phenoxy) is 1. The highest BCUT2D eigenvalue weighted by Gasteiger charge is 2.29. The Labute approximate surface area is 189 Å². The summed E-state index contributed by atoms with van der Waals surface area (Å²) in [6.07, 6.45) is 4.16. The van der Waals surface area contributed by atoms with Crippen LogP contribution in [0.25, 0.3) is 0 Å². The Bertz CT molecular complexity index is 938. The lowest BCUT2D eigenvalue weighted by atomic mass is 9.96. The van der Waals surface area contributed by atoms with Gasteiger partial charge in [0.25, 0.3) is 0 Å². The Balaban J connectivity index is 0.000000282. The van der Waals surface area contributed by atoms with Crippen molar-refractivity contribution in [2.75, 3.05) is 24.4 Å². The van der Waals surface area contributed by atoms with Crippen molar-refractivity contribution in [3.8, 4) is 5.75 Å².